The molecule has 0 spiro atoms. The molecule has 0 radical (unpaired) electrons. The molecule has 0 bridgehead atoms. The van der Waals surface area contributed by atoms with E-state index in [1.54, 1.807) is 23.1 Å². The molecule has 1 aliphatic heterocycles. The van der Waals surface area contributed by atoms with E-state index in [0.717, 1.165) is 16.8 Å². The van der Waals surface area contributed by atoms with E-state index in [9.17, 15) is 9.59 Å². The summed E-state index contributed by atoms with van der Waals surface area (Å²) < 4.78 is 0. The average molecular weight is 343 g/mol. The van der Waals surface area contributed by atoms with Crippen molar-refractivity contribution in [1.82, 2.24) is 5.32 Å². The summed E-state index contributed by atoms with van der Waals surface area (Å²) >= 11 is 5.99. The van der Waals surface area contributed by atoms with Gasteiger partial charge in [0.05, 0.1) is 5.92 Å². The fraction of sp³-hybridized carbons (Fsp3) is 0.263. The molecule has 1 aliphatic rings. The Morgan fingerprint density at radius 3 is 2.79 bits per heavy atom. The minimum Gasteiger partial charge on any atom is -0.352 e. The first-order valence-electron chi connectivity index (χ1n) is 7.93. The Bertz CT molecular complexity index is 775. The van der Waals surface area contributed by atoms with Crippen LogP contribution in [-0.4, -0.2) is 18.4 Å². The Labute approximate surface area is 146 Å². The normalized spacial score (nSPS) is 17.2. The summed E-state index contributed by atoms with van der Waals surface area (Å²) in [6.45, 7) is 2.88. The maximum absolute atomic E-state index is 12.4. The minimum atomic E-state index is -0.333. The predicted molar refractivity (Wildman–Crippen MR) is 94.9 cm³/mol. The third-order valence-corrected chi connectivity index (χ3v) is 4.57. The Morgan fingerprint density at radius 1 is 1.25 bits per heavy atom. The molecule has 1 N–H and O–H groups in total. The lowest BCUT2D eigenvalue weighted by Gasteiger charge is -2.17. The molecule has 0 saturated carbocycles. The number of nitrogens with zero attached hydrogens (tertiary/aromatic N) is 1. The van der Waals surface area contributed by atoms with Crippen molar-refractivity contribution in [1.29, 1.82) is 0 Å². The van der Waals surface area contributed by atoms with Crippen molar-refractivity contribution in [2.24, 2.45) is 5.92 Å². The number of amides is 2. The second-order valence-corrected chi connectivity index (χ2v) is 6.47. The summed E-state index contributed by atoms with van der Waals surface area (Å²) in [4.78, 5) is 26.3. The summed E-state index contributed by atoms with van der Waals surface area (Å²) in [6.07, 6.45) is 0.228. The zero-order valence-corrected chi connectivity index (χ0v) is 14.2. The quantitative estimate of drug-likeness (QED) is 0.926. The number of anilines is 1. The molecular weight excluding hydrogens is 324 g/mol. The predicted octanol–water partition coefficient (Wildman–Crippen LogP) is 3.32. The molecule has 2 aromatic rings. The topological polar surface area (TPSA) is 49.4 Å². The number of rotatable bonds is 4. The largest absolute Gasteiger partial charge is 0.352 e. The summed E-state index contributed by atoms with van der Waals surface area (Å²) in [5.74, 6) is -0.468. The van der Waals surface area contributed by atoms with Gasteiger partial charge in [0.2, 0.25) is 11.8 Å². The van der Waals surface area contributed by atoms with Crippen LogP contribution in [0.1, 0.15) is 17.5 Å². The first-order valence-corrected chi connectivity index (χ1v) is 8.30. The number of carbonyl (C=O) groups is 2. The van der Waals surface area contributed by atoms with Gasteiger partial charge in [-0.05, 0) is 36.2 Å². The van der Waals surface area contributed by atoms with E-state index < -0.39 is 0 Å². The molecule has 1 heterocycles. The maximum atomic E-state index is 12.4. The first-order chi connectivity index (χ1) is 11.5. The van der Waals surface area contributed by atoms with E-state index in [-0.39, 0.29) is 24.2 Å². The van der Waals surface area contributed by atoms with Crippen LogP contribution < -0.4 is 10.2 Å². The Hall–Kier alpha value is -2.33. The van der Waals surface area contributed by atoms with E-state index in [4.69, 9.17) is 11.6 Å². The second kappa shape index (κ2) is 7.05. The fourth-order valence-corrected chi connectivity index (χ4v) is 3.10. The van der Waals surface area contributed by atoms with Gasteiger partial charge in [0, 0.05) is 30.2 Å². The number of nitrogens with one attached hydrogen (secondary N) is 1. The number of hydrogen-bond donors (Lipinski definition) is 1. The molecular formula is C19H19ClN2O2. The highest BCUT2D eigenvalue weighted by atomic mass is 35.5. The average Bonchev–Trinajstić information content (AvgIpc) is 2.96. The molecule has 4 nitrogen and oxygen atoms in total. The molecule has 124 valence electrons. The smallest absolute Gasteiger partial charge is 0.227 e. The molecule has 2 amide bonds. The minimum absolute atomic E-state index is 0.0479. The van der Waals surface area contributed by atoms with Crippen LogP contribution in [0.4, 0.5) is 5.69 Å². The van der Waals surface area contributed by atoms with Gasteiger partial charge in [0.15, 0.2) is 0 Å². The van der Waals surface area contributed by atoms with E-state index in [0.29, 0.717) is 18.1 Å². The van der Waals surface area contributed by atoms with E-state index >= 15 is 0 Å². The molecule has 2 aromatic carbocycles. The summed E-state index contributed by atoms with van der Waals surface area (Å²) in [6, 6.07) is 15.1. The van der Waals surface area contributed by atoms with Gasteiger partial charge >= 0.3 is 0 Å². The van der Waals surface area contributed by atoms with Crippen LogP contribution in [0, 0.1) is 12.8 Å². The molecule has 0 aliphatic carbocycles. The summed E-state index contributed by atoms with van der Waals surface area (Å²) in [5, 5.41) is 3.52. The summed E-state index contributed by atoms with van der Waals surface area (Å²) in [5.41, 5.74) is 2.96. The van der Waals surface area contributed by atoms with Crippen LogP contribution in [0.15, 0.2) is 48.5 Å². The van der Waals surface area contributed by atoms with Gasteiger partial charge in [0.25, 0.3) is 0 Å². The molecule has 0 aromatic heterocycles. The molecule has 24 heavy (non-hydrogen) atoms. The van der Waals surface area contributed by atoms with Crippen molar-refractivity contribution in [3.8, 4) is 0 Å². The van der Waals surface area contributed by atoms with Gasteiger partial charge < -0.3 is 10.2 Å². The van der Waals surface area contributed by atoms with Crippen molar-refractivity contribution in [2.45, 2.75) is 19.9 Å². The second-order valence-electron chi connectivity index (χ2n) is 6.03. The van der Waals surface area contributed by atoms with Crippen molar-refractivity contribution in [2.75, 3.05) is 11.4 Å². The van der Waals surface area contributed by atoms with Gasteiger partial charge in [-0.2, -0.15) is 0 Å². The number of aryl methyl sites for hydroxylation is 1. The standard InChI is InChI=1S/C19H19ClN2O2/c1-13-5-2-3-6-14(13)11-21-19(24)15-9-18(23)22(12-15)17-8-4-7-16(20)10-17/h2-8,10,15H,9,11-12H2,1H3,(H,21,24)/t15-/m0/s1. The number of halogens is 1. The van der Waals surface area contributed by atoms with Gasteiger partial charge in [-0.15, -0.1) is 0 Å². The third-order valence-electron chi connectivity index (χ3n) is 4.33. The molecule has 1 fully saturated rings. The summed E-state index contributed by atoms with van der Waals surface area (Å²) in [7, 11) is 0. The van der Waals surface area contributed by atoms with Crippen LogP contribution >= 0.6 is 11.6 Å². The van der Waals surface area contributed by atoms with Crippen molar-refractivity contribution >= 4 is 29.1 Å². The third kappa shape index (κ3) is 3.60. The first kappa shape index (κ1) is 16.5. The Kier molecular flexibility index (Phi) is 4.86. The molecule has 1 atom stereocenters. The van der Waals surface area contributed by atoms with Gasteiger partial charge in [0.1, 0.15) is 0 Å². The van der Waals surface area contributed by atoms with E-state index in [1.165, 1.54) is 0 Å². The highest BCUT2D eigenvalue weighted by Gasteiger charge is 2.35. The van der Waals surface area contributed by atoms with Crippen molar-refractivity contribution < 1.29 is 9.59 Å². The van der Waals surface area contributed by atoms with Crippen LogP contribution in [0.5, 0.6) is 0 Å². The van der Waals surface area contributed by atoms with Crippen molar-refractivity contribution in [3.05, 3.63) is 64.7 Å². The van der Waals surface area contributed by atoms with Crippen LogP contribution in [0.25, 0.3) is 0 Å². The van der Waals surface area contributed by atoms with E-state index in [1.807, 2.05) is 37.3 Å². The zero-order valence-electron chi connectivity index (χ0n) is 13.5. The van der Waals surface area contributed by atoms with Crippen LogP contribution in [-0.2, 0) is 16.1 Å². The molecule has 1 saturated heterocycles. The number of benzene rings is 2. The van der Waals surface area contributed by atoms with Crippen LogP contribution in [0.2, 0.25) is 5.02 Å². The SMILES string of the molecule is Cc1ccccc1CNC(=O)[C@H]1CC(=O)N(c2cccc(Cl)c2)C1. The number of carbonyl (C=O) groups excluding carboxylic acids is 2. The lowest BCUT2D eigenvalue weighted by atomic mass is 10.1. The monoisotopic (exact) mass is 342 g/mol. The van der Waals surface area contributed by atoms with Gasteiger partial charge in [-0.1, -0.05) is 41.9 Å². The van der Waals surface area contributed by atoms with Gasteiger partial charge in [-0.3, -0.25) is 9.59 Å². The highest BCUT2D eigenvalue weighted by molar-refractivity contribution is 6.30. The maximum Gasteiger partial charge on any atom is 0.227 e. The Morgan fingerprint density at radius 2 is 2.04 bits per heavy atom. The molecule has 0 unspecified atom stereocenters. The van der Waals surface area contributed by atoms with Crippen molar-refractivity contribution in [3.63, 3.8) is 0 Å². The fourth-order valence-electron chi connectivity index (χ4n) is 2.91. The Balaban J connectivity index is 1.63. The lowest BCUT2D eigenvalue weighted by molar-refractivity contribution is -0.126. The molecule has 3 rings (SSSR count). The lowest BCUT2D eigenvalue weighted by Crippen LogP contribution is -2.32. The highest BCUT2D eigenvalue weighted by Crippen LogP contribution is 2.27. The zero-order chi connectivity index (χ0) is 17.1. The number of hydrogen-bond acceptors (Lipinski definition) is 2. The molecule has 5 heteroatoms. The van der Waals surface area contributed by atoms with Gasteiger partial charge in [-0.25, -0.2) is 0 Å². The van der Waals surface area contributed by atoms with Crippen LogP contribution in [0.3, 0.4) is 0 Å². The van der Waals surface area contributed by atoms with E-state index in [2.05, 4.69) is 5.32 Å².